The molecule has 128 valence electrons. The first-order chi connectivity index (χ1) is 11.5. The number of carbonyl (C=O) groups is 3. The highest BCUT2D eigenvalue weighted by Gasteiger charge is 2.09. The van der Waals surface area contributed by atoms with Gasteiger partial charge in [0.05, 0.1) is 6.61 Å². The first-order valence-corrected chi connectivity index (χ1v) is 7.41. The van der Waals surface area contributed by atoms with Crippen molar-refractivity contribution in [2.24, 2.45) is 0 Å². The van der Waals surface area contributed by atoms with E-state index in [1.54, 1.807) is 19.1 Å². The molecule has 0 aliphatic carbocycles. The second-order valence-corrected chi connectivity index (χ2v) is 4.86. The molecule has 0 atom stereocenters. The quantitative estimate of drug-likeness (QED) is 0.299. The molecule has 6 heteroatoms. The highest BCUT2D eigenvalue weighted by atomic mass is 16.5. The molecule has 0 aliphatic heterocycles. The number of ether oxygens (including phenoxy) is 3. The molecule has 0 saturated heterocycles. The fourth-order valence-electron chi connectivity index (χ4n) is 1.73. The SMILES string of the molecule is C=CC(=O)OCCCCC(=O)Oc1ccc(OC(=O)C=C)cc1C. The third-order valence-corrected chi connectivity index (χ3v) is 2.94. The van der Waals surface area contributed by atoms with Crippen LogP contribution in [-0.4, -0.2) is 24.5 Å². The maximum atomic E-state index is 11.8. The Morgan fingerprint density at radius 1 is 1.04 bits per heavy atom. The van der Waals surface area contributed by atoms with Gasteiger partial charge in [-0.05, 0) is 43.5 Å². The summed E-state index contributed by atoms with van der Waals surface area (Å²) in [6.07, 6.45) is 3.46. The number of unbranched alkanes of at least 4 members (excludes halogenated alkanes) is 1. The summed E-state index contributed by atoms with van der Waals surface area (Å²) in [7, 11) is 0. The normalized spacial score (nSPS) is 9.71. The van der Waals surface area contributed by atoms with E-state index in [-0.39, 0.29) is 19.0 Å². The average Bonchev–Trinajstić information content (AvgIpc) is 2.56. The number of hydrogen-bond acceptors (Lipinski definition) is 6. The monoisotopic (exact) mass is 332 g/mol. The third kappa shape index (κ3) is 6.91. The van der Waals surface area contributed by atoms with Gasteiger partial charge in [0.15, 0.2) is 0 Å². The van der Waals surface area contributed by atoms with E-state index in [0.717, 1.165) is 12.2 Å². The zero-order valence-electron chi connectivity index (χ0n) is 13.6. The minimum Gasteiger partial charge on any atom is -0.463 e. The minimum atomic E-state index is -0.559. The van der Waals surface area contributed by atoms with Gasteiger partial charge in [-0.3, -0.25) is 4.79 Å². The highest BCUT2D eigenvalue weighted by molar-refractivity contribution is 5.83. The molecule has 0 spiro atoms. The molecule has 0 N–H and O–H groups in total. The van der Waals surface area contributed by atoms with Gasteiger partial charge in [0.1, 0.15) is 11.5 Å². The van der Waals surface area contributed by atoms with E-state index >= 15 is 0 Å². The topological polar surface area (TPSA) is 78.9 Å². The molecule has 0 amide bonds. The molecule has 1 aromatic rings. The van der Waals surface area contributed by atoms with Gasteiger partial charge in [-0.1, -0.05) is 13.2 Å². The molecule has 1 aromatic carbocycles. The lowest BCUT2D eigenvalue weighted by Gasteiger charge is -2.09. The van der Waals surface area contributed by atoms with Crippen LogP contribution in [0.5, 0.6) is 11.5 Å². The molecule has 0 aromatic heterocycles. The average molecular weight is 332 g/mol. The largest absolute Gasteiger partial charge is 0.463 e. The smallest absolute Gasteiger partial charge is 0.335 e. The number of esters is 3. The molecule has 0 fully saturated rings. The molecule has 6 nitrogen and oxygen atoms in total. The second-order valence-electron chi connectivity index (χ2n) is 4.86. The maximum Gasteiger partial charge on any atom is 0.335 e. The molecule has 0 bridgehead atoms. The summed E-state index contributed by atoms with van der Waals surface area (Å²) < 4.78 is 15.0. The predicted octanol–water partition coefficient (Wildman–Crippen LogP) is 2.89. The van der Waals surface area contributed by atoms with Crippen molar-refractivity contribution in [1.29, 1.82) is 0 Å². The summed E-state index contributed by atoms with van der Waals surface area (Å²) in [4.78, 5) is 33.7. The Morgan fingerprint density at radius 2 is 1.75 bits per heavy atom. The summed E-state index contributed by atoms with van der Waals surface area (Å²) in [5.41, 5.74) is 0.664. The van der Waals surface area contributed by atoms with Gasteiger partial charge in [0, 0.05) is 18.6 Å². The molecule has 0 aliphatic rings. The summed E-state index contributed by atoms with van der Waals surface area (Å²) in [6, 6.07) is 4.69. The van der Waals surface area contributed by atoms with Crippen LogP contribution in [0.3, 0.4) is 0 Å². The zero-order chi connectivity index (χ0) is 17.9. The Bertz CT molecular complexity index is 632. The van der Waals surface area contributed by atoms with E-state index in [1.165, 1.54) is 6.07 Å². The van der Waals surface area contributed by atoms with E-state index < -0.39 is 11.9 Å². The summed E-state index contributed by atoms with van der Waals surface area (Å²) in [6.45, 7) is 8.58. The van der Waals surface area contributed by atoms with Crippen molar-refractivity contribution in [1.82, 2.24) is 0 Å². The van der Waals surface area contributed by atoms with Crippen LogP contribution >= 0.6 is 0 Å². The lowest BCUT2D eigenvalue weighted by Crippen LogP contribution is -2.10. The van der Waals surface area contributed by atoms with Crippen molar-refractivity contribution in [3.05, 3.63) is 49.1 Å². The van der Waals surface area contributed by atoms with Crippen LogP contribution in [0.15, 0.2) is 43.5 Å². The number of rotatable bonds is 9. The lowest BCUT2D eigenvalue weighted by molar-refractivity contribution is -0.138. The lowest BCUT2D eigenvalue weighted by atomic mass is 10.2. The van der Waals surface area contributed by atoms with Crippen LogP contribution in [0.1, 0.15) is 24.8 Å². The van der Waals surface area contributed by atoms with Crippen molar-refractivity contribution in [2.45, 2.75) is 26.2 Å². The van der Waals surface area contributed by atoms with Crippen LogP contribution < -0.4 is 9.47 Å². The van der Waals surface area contributed by atoms with E-state index in [9.17, 15) is 14.4 Å². The number of aryl methyl sites for hydroxylation is 1. The van der Waals surface area contributed by atoms with Gasteiger partial charge >= 0.3 is 17.9 Å². The van der Waals surface area contributed by atoms with Crippen LogP contribution in [0.25, 0.3) is 0 Å². The summed E-state index contributed by atoms with van der Waals surface area (Å²) in [5.74, 6) is -0.677. The molecule has 24 heavy (non-hydrogen) atoms. The molecule has 1 rings (SSSR count). The molecule has 0 saturated carbocycles. The Hall–Kier alpha value is -2.89. The van der Waals surface area contributed by atoms with Gasteiger partial charge in [-0.15, -0.1) is 0 Å². The van der Waals surface area contributed by atoms with Gasteiger partial charge in [0.25, 0.3) is 0 Å². The van der Waals surface area contributed by atoms with Gasteiger partial charge in [-0.25, -0.2) is 9.59 Å². The zero-order valence-corrected chi connectivity index (χ0v) is 13.6. The Kier molecular flexibility index (Phi) is 7.98. The first kappa shape index (κ1) is 19.2. The van der Waals surface area contributed by atoms with Crippen molar-refractivity contribution in [2.75, 3.05) is 6.61 Å². The van der Waals surface area contributed by atoms with Crippen LogP contribution in [0.4, 0.5) is 0 Å². The maximum absolute atomic E-state index is 11.8. The molecule has 0 radical (unpaired) electrons. The number of benzene rings is 1. The molecular formula is C18H20O6. The van der Waals surface area contributed by atoms with Crippen LogP contribution in [-0.2, 0) is 19.1 Å². The fourth-order valence-corrected chi connectivity index (χ4v) is 1.73. The minimum absolute atomic E-state index is 0.207. The van der Waals surface area contributed by atoms with Crippen LogP contribution in [0, 0.1) is 6.92 Å². The first-order valence-electron chi connectivity index (χ1n) is 7.41. The Balaban J connectivity index is 2.41. The summed E-state index contributed by atoms with van der Waals surface area (Å²) >= 11 is 0. The molecule has 0 unspecified atom stereocenters. The standard InChI is InChI=1S/C18H20O6/c1-4-16(19)22-11-7-6-8-18(21)24-15-10-9-14(12-13(15)3)23-17(20)5-2/h4-5,9-10,12H,1-2,6-8,11H2,3H3. The number of carbonyl (C=O) groups excluding carboxylic acids is 3. The van der Waals surface area contributed by atoms with E-state index in [2.05, 4.69) is 13.2 Å². The molecule has 0 heterocycles. The van der Waals surface area contributed by atoms with Crippen molar-refractivity contribution in [3.8, 4) is 11.5 Å². The third-order valence-electron chi connectivity index (χ3n) is 2.94. The van der Waals surface area contributed by atoms with Crippen molar-refractivity contribution >= 4 is 17.9 Å². The van der Waals surface area contributed by atoms with Crippen molar-refractivity contribution < 1.29 is 28.6 Å². The van der Waals surface area contributed by atoms with Gasteiger partial charge in [0.2, 0.25) is 0 Å². The van der Waals surface area contributed by atoms with Crippen molar-refractivity contribution in [3.63, 3.8) is 0 Å². The van der Waals surface area contributed by atoms with Gasteiger partial charge in [-0.2, -0.15) is 0 Å². The van der Waals surface area contributed by atoms with E-state index in [4.69, 9.17) is 14.2 Å². The summed E-state index contributed by atoms with van der Waals surface area (Å²) in [5, 5.41) is 0. The fraction of sp³-hybridized carbons (Fsp3) is 0.278. The Morgan fingerprint density at radius 3 is 2.38 bits per heavy atom. The molecular weight excluding hydrogens is 312 g/mol. The van der Waals surface area contributed by atoms with Gasteiger partial charge < -0.3 is 14.2 Å². The van der Waals surface area contributed by atoms with E-state index in [1.807, 2.05) is 0 Å². The van der Waals surface area contributed by atoms with E-state index in [0.29, 0.717) is 29.9 Å². The number of hydrogen-bond donors (Lipinski definition) is 0. The predicted molar refractivity (Wildman–Crippen MR) is 87.7 cm³/mol. The Labute approximate surface area is 140 Å². The second kappa shape index (κ2) is 9.99. The highest BCUT2D eigenvalue weighted by Crippen LogP contribution is 2.24. The van der Waals surface area contributed by atoms with Crippen LogP contribution in [0.2, 0.25) is 0 Å².